The number of aromatic nitrogens is 2. The van der Waals surface area contributed by atoms with Gasteiger partial charge >= 0.3 is 63.4 Å². The molecule has 1 aliphatic rings. The van der Waals surface area contributed by atoms with Crippen LogP contribution in [0.3, 0.4) is 0 Å². The van der Waals surface area contributed by atoms with E-state index in [1.165, 1.54) is 18.2 Å². The van der Waals surface area contributed by atoms with Crippen molar-refractivity contribution >= 4 is 56.7 Å². The van der Waals surface area contributed by atoms with Crippen molar-refractivity contribution in [3.05, 3.63) is 40.7 Å². The molecule has 160 valence electrons. The number of carbonyl (C=O) groups excluding carboxylic acids is 3. The van der Waals surface area contributed by atoms with Crippen molar-refractivity contribution in [2.75, 3.05) is 16.9 Å². The van der Waals surface area contributed by atoms with Crippen molar-refractivity contribution in [2.45, 2.75) is 27.2 Å². The Morgan fingerprint density at radius 1 is 1.25 bits per heavy atom. The van der Waals surface area contributed by atoms with Crippen LogP contribution in [0.1, 0.15) is 34.8 Å². The number of esters is 1. The number of urea groups is 1. The minimum Gasteiger partial charge on any atom is -0.529 e. The average Bonchev–Trinajstić information content (AvgIpc) is 3.08. The third-order valence-electron chi connectivity index (χ3n) is 4.94. The van der Waals surface area contributed by atoms with Crippen LogP contribution < -0.4 is 66.3 Å². The van der Waals surface area contributed by atoms with E-state index in [1.807, 2.05) is 13.0 Å². The first-order valence-corrected chi connectivity index (χ1v) is 10.4. The molecule has 32 heavy (non-hydrogen) atoms. The molecule has 0 saturated carbocycles. The summed E-state index contributed by atoms with van der Waals surface area (Å²) < 4.78 is 4.78. The van der Waals surface area contributed by atoms with Gasteiger partial charge in [-0.05, 0) is 37.0 Å². The number of nitrogens with zero attached hydrogens (tertiary/aromatic N) is 4. The number of anilines is 3. The number of pyridine rings is 2. The summed E-state index contributed by atoms with van der Waals surface area (Å²) in [5, 5.41) is 12.4. The molecule has 0 atom stereocenters. The molecule has 0 N–H and O–H groups in total. The SMILES string of the molecule is COC(=O)c1sc2nccc3c2c1N(C(=O)[O-])C(=O)N3c1cnc(CC(C)C)cc1C.[K+]. The summed E-state index contributed by atoms with van der Waals surface area (Å²) in [7, 11) is 1.18. The maximum atomic E-state index is 13.4. The molecule has 0 radical (unpaired) electrons. The van der Waals surface area contributed by atoms with E-state index < -0.39 is 18.1 Å². The summed E-state index contributed by atoms with van der Waals surface area (Å²) in [6, 6.07) is 2.60. The van der Waals surface area contributed by atoms with E-state index in [2.05, 4.69) is 23.8 Å². The second-order valence-corrected chi connectivity index (χ2v) is 8.56. The number of imide groups is 1. The van der Waals surface area contributed by atoms with E-state index in [9.17, 15) is 19.5 Å². The summed E-state index contributed by atoms with van der Waals surface area (Å²) >= 11 is 0.956. The summed E-state index contributed by atoms with van der Waals surface area (Å²) in [5.41, 5.74) is 2.40. The largest absolute Gasteiger partial charge is 1.00 e. The van der Waals surface area contributed by atoms with Crippen LogP contribution in [-0.4, -0.2) is 35.2 Å². The summed E-state index contributed by atoms with van der Waals surface area (Å²) in [5.74, 6) is -0.347. The molecule has 11 heteroatoms. The molecular weight excluding hydrogens is 459 g/mol. The molecule has 0 aromatic carbocycles. The van der Waals surface area contributed by atoms with E-state index in [0.29, 0.717) is 32.4 Å². The molecule has 0 saturated heterocycles. The first-order valence-electron chi connectivity index (χ1n) is 9.55. The molecular formula is C21H19KN4O5S. The second kappa shape index (κ2) is 9.54. The smallest absolute Gasteiger partial charge is 0.529 e. The summed E-state index contributed by atoms with van der Waals surface area (Å²) in [6.45, 7) is 6.00. The Bertz CT molecular complexity index is 1240. The van der Waals surface area contributed by atoms with Gasteiger partial charge in [-0.25, -0.2) is 19.5 Å². The number of aryl methyl sites for hydroxylation is 1. The monoisotopic (exact) mass is 478 g/mol. The molecule has 4 heterocycles. The Kier molecular flexibility index (Phi) is 7.37. The Balaban J connectivity index is 0.00000289. The van der Waals surface area contributed by atoms with Crippen LogP contribution >= 0.6 is 11.3 Å². The minimum absolute atomic E-state index is 0. The third-order valence-corrected chi connectivity index (χ3v) is 6.01. The van der Waals surface area contributed by atoms with Gasteiger partial charge in [0.1, 0.15) is 15.8 Å². The number of carboxylic acid groups (broad SMARTS) is 1. The first kappa shape index (κ1) is 24.7. The maximum absolute atomic E-state index is 13.4. The van der Waals surface area contributed by atoms with Crippen LogP contribution in [0, 0.1) is 12.8 Å². The number of amides is 3. The van der Waals surface area contributed by atoms with Gasteiger partial charge in [0, 0.05) is 11.9 Å². The van der Waals surface area contributed by atoms with Crippen LogP contribution in [0.5, 0.6) is 0 Å². The molecule has 3 aromatic rings. The Labute approximate surface area is 230 Å². The average molecular weight is 479 g/mol. The van der Waals surface area contributed by atoms with Crippen molar-refractivity contribution in [1.82, 2.24) is 9.97 Å². The normalized spacial score (nSPS) is 12.8. The molecule has 1 aliphatic heterocycles. The fourth-order valence-corrected chi connectivity index (χ4v) is 4.76. The zero-order chi connectivity index (χ0) is 22.4. The standard InChI is InChI=1S/C21H20N4O5S.K/c1-10(2)7-12-8-11(3)14(9-23-12)24-13-5-6-22-18-15(13)16(17(31-18)19(26)30-4)25(20(24)27)21(28)29;/h5-6,8-10H,7H2,1-4H3,(H,28,29);/q;+1/p-1. The van der Waals surface area contributed by atoms with E-state index in [4.69, 9.17) is 4.74 Å². The summed E-state index contributed by atoms with van der Waals surface area (Å²) in [4.78, 5) is 48.5. The molecule has 0 aliphatic carbocycles. The van der Waals surface area contributed by atoms with Crippen LogP contribution in [0.2, 0.25) is 0 Å². The predicted octanol–water partition coefficient (Wildman–Crippen LogP) is 0.410. The van der Waals surface area contributed by atoms with Crippen LogP contribution in [0.25, 0.3) is 10.2 Å². The van der Waals surface area contributed by atoms with Gasteiger partial charge < -0.3 is 14.6 Å². The quantitative estimate of drug-likeness (QED) is 0.394. The van der Waals surface area contributed by atoms with Crippen molar-refractivity contribution < 1.29 is 75.6 Å². The Morgan fingerprint density at radius 3 is 2.56 bits per heavy atom. The van der Waals surface area contributed by atoms with Gasteiger partial charge in [0.2, 0.25) is 0 Å². The van der Waals surface area contributed by atoms with Gasteiger partial charge in [0.15, 0.2) is 0 Å². The van der Waals surface area contributed by atoms with Gasteiger partial charge in [0.05, 0.1) is 35.8 Å². The van der Waals surface area contributed by atoms with E-state index >= 15 is 0 Å². The Morgan fingerprint density at radius 2 is 1.97 bits per heavy atom. The number of hydrogen-bond acceptors (Lipinski definition) is 8. The van der Waals surface area contributed by atoms with Gasteiger partial charge in [0.25, 0.3) is 0 Å². The maximum Gasteiger partial charge on any atom is 1.00 e. The van der Waals surface area contributed by atoms with E-state index in [1.54, 1.807) is 12.3 Å². The molecule has 9 nitrogen and oxygen atoms in total. The number of ether oxygens (including phenoxy) is 1. The number of thiophene rings is 1. The van der Waals surface area contributed by atoms with Crippen molar-refractivity contribution in [1.29, 1.82) is 0 Å². The van der Waals surface area contributed by atoms with Crippen molar-refractivity contribution in [3.8, 4) is 0 Å². The predicted molar refractivity (Wildman–Crippen MR) is 114 cm³/mol. The molecule has 4 rings (SSSR count). The fourth-order valence-electron chi connectivity index (χ4n) is 3.69. The first-order chi connectivity index (χ1) is 14.7. The van der Waals surface area contributed by atoms with E-state index in [0.717, 1.165) is 29.0 Å². The van der Waals surface area contributed by atoms with Gasteiger partial charge in [-0.15, -0.1) is 11.3 Å². The molecule has 0 fully saturated rings. The zero-order valence-corrected chi connectivity index (χ0v) is 22.3. The third kappa shape index (κ3) is 4.08. The topological polar surface area (TPSA) is 116 Å². The Hall–Kier alpha value is -1.89. The molecule has 3 amide bonds. The fraction of sp³-hybridized carbons (Fsp3) is 0.286. The van der Waals surface area contributed by atoms with Crippen LogP contribution in [0.4, 0.5) is 26.7 Å². The summed E-state index contributed by atoms with van der Waals surface area (Å²) in [6.07, 6.45) is 2.08. The molecule has 3 aromatic heterocycles. The molecule has 0 spiro atoms. The van der Waals surface area contributed by atoms with Crippen molar-refractivity contribution in [2.24, 2.45) is 5.92 Å². The molecule has 0 unspecified atom stereocenters. The van der Waals surface area contributed by atoms with Gasteiger partial charge in [-0.1, -0.05) is 13.8 Å². The number of hydrogen-bond donors (Lipinski definition) is 0. The van der Waals surface area contributed by atoms with Gasteiger partial charge in [-0.3, -0.25) is 9.88 Å². The van der Waals surface area contributed by atoms with E-state index in [-0.39, 0.29) is 61.9 Å². The number of methoxy groups -OCH3 is 1. The molecule has 0 bridgehead atoms. The van der Waals surface area contributed by atoms with Crippen LogP contribution in [0.15, 0.2) is 24.5 Å². The number of rotatable bonds is 4. The second-order valence-electron chi connectivity index (χ2n) is 7.56. The number of carbonyl (C=O) groups is 3. The zero-order valence-electron chi connectivity index (χ0n) is 18.3. The van der Waals surface area contributed by atoms with Crippen molar-refractivity contribution in [3.63, 3.8) is 0 Å². The van der Waals surface area contributed by atoms with Crippen LogP contribution in [-0.2, 0) is 11.2 Å². The van der Waals surface area contributed by atoms with Gasteiger partial charge in [-0.2, -0.15) is 0 Å². The minimum atomic E-state index is -1.75.